The number of nitrogens with zero attached hydrogens (tertiary/aromatic N) is 2. The van der Waals surface area contributed by atoms with Gasteiger partial charge in [-0.15, -0.1) is 0 Å². The molecule has 0 aliphatic heterocycles. The summed E-state index contributed by atoms with van der Waals surface area (Å²) >= 11 is 0. The van der Waals surface area contributed by atoms with Crippen LogP contribution in [0, 0.1) is 0 Å². The number of rotatable bonds is 3. The summed E-state index contributed by atoms with van der Waals surface area (Å²) in [5, 5.41) is 0. The first kappa shape index (κ1) is 9.93. The van der Waals surface area contributed by atoms with Crippen molar-refractivity contribution in [2.45, 2.75) is 6.54 Å². The lowest BCUT2D eigenvalue weighted by Crippen LogP contribution is -2.10. The molecule has 0 aliphatic carbocycles. The van der Waals surface area contributed by atoms with Gasteiger partial charge < -0.3 is 9.32 Å². The van der Waals surface area contributed by atoms with Crippen LogP contribution in [0.3, 0.4) is 0 Å². The average molecular weight is 202 g/mol. The lowest BCUT2D eigenvalue weighted by molar-refractivity contribution is 0.349. The Labute approximate surface area is 89.0 Å². The lowest BCUT2D eigenvalue weighted by Gasteiger charge is -2.03. The quantitative estimate of drug-likeness (QED) is 0.766. The first-order valence-corrected chi connectivity index (χ1v) is 4.85. The van der Waals surface area contributed by atoms with Crippen molar-refractivity contribution in [2.75, 3.05) is 14.1 Å². The third-order valence-corrected chi connectivity index (χ3v) is 2.14. The molecule has 0 fully saturated rings. The monoisotopic (exact) mass is 202 g/mol. The van der Waals surface area contributed by atoms with Crippen LogP contribution in [0.5, 0.6) is 0 Å². The second kappa shape index (κ2) is 3.87. The first-order chi connectivity index (χ1) is 7.19. The van der Waals surface area contributed by atoms with Crippen LogP contribution >= 0.6 is 0 Å². The van der Waals surface area contributed by atoms with Gasteiger partial charge in [-0.25, -0.2) is 4.98 Å². The number of aromatic nitrogens is 1. The number of hydrogen-bond donors (Lipinski definition) is 0. The van der Waals surface area contributed by atoms with E-state index < -0.39 is 0 Å². The van der Waals surface area contributed by atoms with Crippen molar-refractivity contribution in [1.82, 2.24) is 9.88 Å². The van der Waals surface area contributed by atoms with Gasteiger partial charge in [0.2, 0.25) is 5.89 Å². The summed E-state index contributed by atoms with van der Waals surface area (Å²) in [6.45, 7) is 4.45. The van der Waals surface area contributed by atoms with Crippen LogP contribution in [0.4, 0.5) is 0 Å². The Bertz CT molecular complexity index is 485. The van der Waals surface area contributed by atoms with E-state index >= 15 is 0 Å². The molecule has 0 unspecified atom stereocenters. The highest BCUT2D eigenvalue weighted by atomic mass is 16.3. The molecule has 0 spiro atoms. The van der Waals surface area contributed by atoms with Crippen LogP contribution in [0.1, 0.15) is 11.5 Å². The minimum Gasteiger partial charge on any atom is -0.439 e. The molecule has 0 N–H and O–H groups in total. The van der Waals surface area contributed by atoms with Crippen molar-refractivity contribution in [2.24, 2.45) is 0 Å². The summed E-state index contributed by atoms with van der Waals surface area (Å²) < 4.78 is 5.59. The van der Waals surface area contributed by atoms with E-state index in [9.17, 15) is 0 Å². The highest BCUT2D eigenvalue weighted by molar-refractivity contribution is 5.75. The number of oxazole rings is 1. The molecule has 0 bridgehead atoms. The summed E-state index contributed by atoms with van der Waals surface area (Å²) in [6, 6.07) is 5.88. The fraction of sp³-hybridized carbons (Fsp3) is 0.250. The van der Waals surface area contributed by atoms with Crippen molar-refractivity contribution in [3.05, 3.63) is 36.2 Å². The molecule has 0 saturated heterocycles. The molecule has 0 radical (unpaired) electrons. The maximum Gasteiger partial charge on any atom is 0.209 e. The molecule has 1 heterocycles. The summed E-state index contributed by atoms with van der Waals surface area (Å²) in [5.41, 5.74) is 2.79. The van der Waals surface area contributed by atoms with E-state index in [0.717, 1.165) is 29.1 Å². The van der Waals surface area contributed by atoms with Crippen LogP contribution < -0.4 is 0 Å². The predicted octanol–water partition coefficient (Wildman–Crippen LogP) is 2.53. The van der Waals surface area contributed by atoms with E-state index in [1.807, 2.05) is 37.2 Å². The van der Waals surface area contributed by atoms with Crippen molar-refractivity contribution >= 4 is 17.2 Å². The van der Waals surface area contributed by atoms with E-state index in [2.05, 4.69) is 11.6 Å². The van der Waals surface area contributed by atoms with Gasteiger partial charge in [0.05, 0.1) is 6.54 Å². The Morgan fingerprint density at radius 1 is 1.47 bits per heavy atom. The van der Waals surface area contributed by atoms with Crippen LogP contribution in [0.25, 0.3) is 17.2 Å². The Morgan fingerprint density at radius 2 is 2.27 bits per heavy atom. The molecule has 2 rings (SSSR count). The molecule has 0 saturated carbocycles. The van der Waals surface area contributed by atoms with Crippen molar-refractivity contribution in [3.8, 4) is 0 Å². The molecule has 0 amide bonds. The molecule has 15 heavy (non-hydrogen) atoms. The second-order valence-electron chi connectivity index (χ2n) is 3.78. The maximum absolute atomic E-state index is 5.59. The summed E-state index contributed by atoms with van der Waals surface area (Å²) in [6.07, 6.45) is 1.81. The van der Waals surface area contributed by atoms with Gasteiger partial charge in [0, 0.05) is 0 Å². The van der Waals surface area contributed by atoms with Gasteiger partial charge in [0.15, 0.2) is 5.58 Å². The van der Waals surface area contributed by atoms with E-state index in [0.29, 0.717) is 0 Å². The molecule has 78 valence electrons. The first-order valence-electron chi connectivity index (χ1n) is 4.85. The molecular weight excluding hydrogens is 188 g/mol. The fourth-order valence-electron chi connectivity index (χ4n) is 1.46. The summed E-state index contributed by atoms with van der Waals surface area (Å²) in [4.78, 5) is 6.43. The third kappa shape index (κ3) is 2.07. The Morgan fingerprint density at radius 3 is 2.93 bits per heavy atom. The highest BCUT2D eigenvalue weighted by Gasteiger charge is 2.06. The van der Waals surface area contributed by atoms with Gasteiger partial charge in [-0.3, -0.25) is 0 Å². The van der Waals surface area contributed by atoms with Gasteiger partial charge in [-0.05, 0) is 31.8 Å². The van der Waals surface area contributed by atoms with Gasteiger partial charge in [-0.1, -0.05) is 18.7 Å². The van der Waals surface area contributed by atoms with Gasteiger partial charge in [0.25, 0.3) is 0 Å². The Hall–Kier alpha value is -1.61. The SMILES string of the molecule is C=Cc1ccc2oc(CN(C)C)nc2c1. The number of hydrogen-bond acceptors (Lipinski definition) is 3. The smallest absolute Gasteiger partial charge is 0.209 e. The fourth-order valence-corrected chi connectivity index (χ4v) is 1.46. The standard InChI is InChI=1S/C12H14N2O/c1-4-9-5-6-11-10(7-9)13-12(15-11)8-14(2)3/h4-7H,1,8H2,2-3H3. The second-order valence-corrected chi connectivity index (χ2v) is 3.78. The van der Waals surface area contributed by atoms with Crippen molar-refractivity contribution in [3.63, 3.8) is 0 Å². The Kier molecular flexibility index (Phi) is 2.56. The minimum atomic E-state index is 0.720. The van der Waals surface area contributed by atoms with Crippen LogP contribution in [-0.4, -0.2) is 24.0 Å². The zero-order chi connectivity index (χ0) is 10.8. The summed E-state index contributed by atoms with van der Waals surface area (Å²) in [7, 11) is 3.98. The average Bonchev–Trinajstić information content (AvgIpc) is 2.57. The highest BCUT2D eigenvalue weighted by Crippen LogP contribution is 2.18. The molecule has 3 nitrogen and oxygen atoms in total. The molecule has 0 atom stereocenters. The van der Waals surface area contributed by atoms with Crippen LogP contribution in [0.15, 0.2) is 29.2 Å². The molecule has 3 heteroatoms. The third-order valence-electron chi connectivity index (χ3n) is 2.14. The van der Waals surface area contributed by atoms with Gasteiger partial charge in [-0.2, -0.15) is 0 Å². The van der Waals surface area contributed by atoms with Gasteiger partial charge in [0.1, 0.15) is 5.52 Å². The normalized spacial score (nSPS) is 11.1. The molecule has 1 aromatic carbocycles. The molecule has 0 aliphatic rings. The van der Waals surface area contributed by atoms with E-state index in [-0.39, 0.29) is 0 Å². The molecule has 2 aromatic rings. The maximum atomic E-state index is 5.59. The van der Waals surface area contributed by atoms with E-state index in [4.69, 9.17) is 4.42 Å². The van der Waals surface area contributed by atoms with E-state index in [1.54, 1.807) is 6.08 Å². The van der Waals surface area contributed by atoms with Gasteiger partial charge >= 0.3 is 0 Å². The number of fused-ring (bicyclic) bond motifs is 1. The van der Waals surface area contributed by atoms with Crippen LogP contribution in [-0.2, 0) is 6.54 Å². The topological polar surface area (TPSA) is 29.3 Å². The predicted molar refractivity (Wildman–Crippen MR) is 61.5 cm³/mol. The van der Waals surface area contributed by atoms with E-state index in [1.165, 1.54) is 0 Å². The summed E-state index contributed by atoms with van der Waals surface area (Å²) in [5.74, 6) is 0.746. The molecular formula is C12H14N2O. The van der Waals surface area contributed by atoms with Crippen molar-refractivity contribution < 1.29 is 4.42 Å². The van der Waals surface area contributed by atoms with Crippen molar-refractivity contribution in [1.29, 1.82) is 0 Å². The van der Waals surface area contributed by atoms with Crippen LogP contribution in [0.2, 0.25) is 0 Å². The molecule has 1 aromatic heterocycles. The Balaban J connectivity index is 2.42. The zero-order valence-electron chi connectivity index (χ0n) is 9.03. The number of benzene rings is 1. The largest absolute Gasteiger partial charge is 0.439 e. The zero-order valence-corrected chi connectivity index (χ0v) is 9.03. The lowest BCUT2D eigenvalue weighted by atomic mass is 10.2. The minimum absolute atomic E-state index is 0.720.